The molecular formula is C16H9F3N4O2. The highest BCUT2D eigenvalue weighted by molar-refractivity contribution is 6.04. The number of nitrogens with one attached hydrogen (secondary N) is 1. The summed E-state index contributed by atoms with van der Waals surface area (Å²) in [7, 11) is 0. The van der Waals surface area contributed by atoms with Gasteiger partial charge in [-0.05, 0) is 12.1 Å². The van der Waals surface area contributed by atoms with E-state index >= 15 is 0 Å². The summed E-state index contributed by atoms with van der Waals surface area (Å²) in [6, 6.07) is 9.51. The fourth-order valence-electron chi connectivity index (χ4n) is 2.37. The molecule has 0 aliphatic heterocycles. The van der Waals surface area contributed by atoms with Crippen LogP contribution in [0.15, 0.2) is 53.2 Å². The van der Waals surface area contributed by atoms with Crippen LogP contribution in [0.1, 0.15) is 16.2 Å². The van der Waals surface area contributed by atoms with E-state index in [-0.39, 0.29) is 17.1 Å². The highest BCUT2D eigenvalue weighted by atomic mass is 19.4. The smallest absolute Gasteiger partial charge is 0.435 e. The highest BCUT2D eigenvalue weighted by Crippen LogP contribution is 2.28. The van der Waals surface area contributed by atoms with Gasteiger partial charge in [-0.15, -0.1) is 0 Å². The quantitative estimate of drug-likeness (QED) is 0.600. The van der Waals surface area contributed by atoms with Gasteiger partial charge in [0.15, 0.2) is 17.1 Å². The molecule has 126 valence electrons. The number of fused-ring (bicyclic) bond motifs is 2. The molecule has 0 spiro atoms. The first-order valence-corrected chi connectivity index (χ1v) is 7.13. The zero-order valence-corrected chi connectivity index (χ0v) is 12.4. The maximum absolute atomic E-state index is 12.7. The molecule has 0 saturated heterocycles. The van der Waals surface area contributed by atoms with Crippen molar-refractivity contribution in [2.45, 2.75) is 6.18 Å². The van der Waals surface area contributed by atoms with Crippen LogP contribution in [0.4, 0.5) is 18.9 Å². The second-order valence-corrected chi connectivity index (χ2v) is 5.28. The largest absolute Gasteiger partial charge is 0.451 e. The summed E-state index contributed by atoms with van der Waals surface area (Å²) in [5, 5.41) is 6.70. The Hall–Kier alpha value is -3.36. The van der Waals surface area contributed by atoms with E-state index in [9.17, 15) is 18.0 Å². The first-order valence-electron chi connectivity index (χ1n) is 7.13. The molecule has 3 aromatic heterocycles. The average Bonchev–Trinajstić information content (AvgIpc) is 3.18. The van der Waals surface area contributed by atoms with Gasteiger partial charge in [-0.2, -0.15) is 18.3 Å². The number of benzene rings is 1. The topological polar surface area (TPSA) is 72.4 Å². The zero-order valence-electron chi connectivity index (χ0n) is 12.4. The summed E-state index contributed by atoms with van der Waals surface area (Å²) in [5.41, 5.74) is -0.285. The summed E-state index contributed by atoms with van der Waals surface area (Å²) in [4.78, 5) is 16.1. The first-order chi connectivity index (χ1) is 11.9. The number of alkyl halides is 3. The van der Waals surface area contributed by atoms with E-state index < -0.39 is 17.8 Å². The number of aromatic nitrogens is 3. The number of furan rings is 1. The molecule has 4 rings (SSSR count). The van der Waals surface area contributed by atoms with E-state index in [4.69, 9.17) is 4.42 Å². The Morgan fingerprint density at radius 2 is 2.00 bits per heavy atom. The Kier molecular flexibility index (Phi) is 3.24. The Morgan fingerprint density at radius 3 is 2.76 bits per heavy atom. The predicted molar refractivity (Wildman–Crippen MR) is 82.2 cm³/mol. The molecule has 0 bridgehead atoms. The van der Waals surface area contributed by atoms with E-state index in [2.05, 4.69) is 15.4 Å². The molecule has 0 aliphatic carbocycles. The molecule has 0 radical (unpaired) electrons. The molecule has 25 heavy (non-hydrogen) atoms. The number of halogens is 3. The van der Waals surface area contributed by atoms with Crippen molar-refractivity contribution in [2.24, 2.45) is 0 Å². The third-order valence-electron chi connectivity index (χ3n) is 3.51. The van der Waals surface area contributed by atoms with Gasteiger partial charge in [0.05, 0.1) is 18.1 Å². The summed E-state index contributed by atoms with van der Waals surface area (Å²) in [6.45, 7) is 0. The summed E-state index contributed by atoms with van der Waals surface area (Å²) in [5.74, 6) is -0.460. The van der Waals surface area contributed by atoms with Crippen molar-refractivity contribution in [3.05, 3.63) is 60.2 Å². The molecule has 0 fully saturated rings. The molecule has 0 atom stereocenters. The van der Waals surface area contributed by atoms with Crippen molar-refractivity contribution in [1.29, 1.82) is 0 Å². The van der Waals surface area contributed by atoms with Gasteiger partial charge in [-0.25, -0.2) is 9.50 Å². The minimum absolute atomic E-state index is 0.0223. The van der Waals surface area contributed by atoms with Crippen LogP contribution in [0, 0.1) is 0 Å². The number of hydrogen-bond donors (Lipinski definition) is 1. The third kappa shape index (κ3) is 2.80. The van der Waals surface area contributed by atoms with Gasteiger partial charge < -0.3 is 9.73 Å². The molecule has 0 saturated carbocycles. The lowest BCUT2D eigenvalue weighted by Crippen LogP contribution is -2.12. The van der Waals surface area contributed by atoms with Crippen LogP contribution in [-0.2, 0) is 6.18 Å². The number of anilines is 1. The van der Waals surface area contributed by atoms with E-state index in [0.717, 1.165) is 16.0 Å². The molecule has 1 aromatic carbocycles. The van der Waals surface area contributed by atoms with Gasteiger partial charge in [0.25, 0.3) is 5.91 Å². The second-order valence-electron chi connectivity index (χ2n) is 5.28. The Bertz CT molecular complexity index is 1060. The van der Waals surface area contributed by atoms with Crippen LogP contribution in [0.3, 0.4) is 0 Å². The first kappa shape index (κ1) is 15.2. The monoisotopic (exact) mass is 346 g/mol. The molecule has 1 N–H and O–H groups in total. The molecule has 4 aromatic rings. The summed E-state index contributed by atoms with van der Waals surface area (Å²) in [6.07, 6.45) is -2.07. The van der Waals surface area contributed by atoms with Crippen LogP contribution in [0.2, 0.25) is 0 Å². The lowest BCUT2D eigenvalue weighted by Gasteiger charge is -2.03. The van der Waals surface area contributed by atoms with Crippen LogP contribution >= 0.6 is 0 Å². The van der Waals surface area contributed by atoms with Crippen molar-refractivity contribution >= 4 is 28.2 Å². The van der Waals surface area contributed by atoms with E-state index in [1.54, 1.807) is 24.3 Å². The molecular weight excluding hydrogens is 337 g/mol. The number of para-hydroxylation sites is 1. The summed E-state index contributed by atoms with van der Waals surface area (Å²) >= 11 is 0. The molecule has 3 heterocycles. The number of carbonyl (C=O) groups is 1. The highest BCUT2D eigenvalue weighted by Gasteiger charge is 2.34. The fourth-order valence-corrected chi connectivity index (χ4v) is 2.37. The number of carbonyl (C=O) groups excluding carboxylic acids is 1. The molecule has 9 heteroatoms. The second kappa shape index (κ2) is 5.33. The fraction of sp³-hybridized carbons (Fsp3) is 0.0625. The van der Waals surface area contributed by atoms with E-state index in [1.807, 2.05) is 6.07 Å². The van der Waals surface area contributed by atoms with E-state index in [1.165, 1.54) is 12.4 Å². The van der Waals surface area contributed by atoms with Crippen molar-refractivity contribution < 1.29 is 22.4 Å². The van der Waals surface area contributed by atoms with E-state index in [0.29, 0.717) is 5.58 Å². The lowest BCUT2D eigenvalue weighted by atomic mass is 10.2. The molecule has 0 aliphatic rings. The van der Waals surface area contributed by atoms with Crippen LogP contribution in [0.25, 0.3) is 16.6 Å². The molecule has 0 unspecified atom stereocenters. The Balaban J connectivity index is 1.62. The molecule has 6 nitrogen and oxygen atoms in total. The predicted octanol–water partition coefficient (Wildman–Crippen LogP) is 3.75. The number of nitrogens with zero attached hydrogens (tertiary/aromatic N) is 3. The maximum atomic E-state index is 12.7. The Labute approximate surface area is 137 Å². The lowest BCUT2D eigenvalue weighted by molar-refractivity contribution is -0.141. The van der Waals surface area contributed by atoms with Gasteiger partial charge in [0, 0.05) is 11.5 Å². The van der Waals surface area contributed by atoms with Crippen LogP contribution < -0.4 is 5.32 Å². The minimum atomic E-state index is -4.56. The van der Waals surface area contributed by atoms with Crippen molar-refractivity contribution in [3.63, 3.8) is 0 Å². The van der Waals surface area contributed by atoms with Crippen molar-refractivity contribution in [1.82, 2.24) is 14.6 Å². The van der Waals surface area contributed by atoms with Crippen molar-refractivity contribution in [3.8, 4) is 0 Å². The van der Waals surface area contributed by atoms with Gasteiger partial charge in [0.2, 0.25) is 0 Å². The number of hydrogen-bond acceptors (Lipinski definition) is 4. The number of amides is 1. The SMILES string of the molecule is O=C(Nc1cnc2cc(C(F)(F)F)nn2c1)c1cc2ccccc2o1. The zero-order chi connectivity index (χ0) is 17.6. The summed E-state index contributed by atoms with van der Waals surface area (Å²) < 4.78 is 44.4. The normalized spacial score (nSPS) is 12.0. The van der Waals surface area contributed by atoms with Crippen LogP contribution in [0.5, 0.6) is 0 Å². The van der Waals surface area contributed by atoms with Gasteiger partial charge in [0.1, 0.15) is 5.58 Å². The van der Waals surface area contributed by atoms with Crippen LogP contribution in [-0.4, -0.2) is 20.5 Å². The minimum Gasteiger partial charge on any atom is -0.451 e. The van der Waals surface area contributed by atoms with Gasteiger partial charge >= 0.3 is 6.18 Å². The maximum Gasteiger partial charge on any atom is 0.435 e. The third-order valence-corrected chi connectivity index (χ3v) is 3.51. The standard InChI is InChI=1S/C16H9F3N4O2/c17-16(18,19)13-6-14-20-7-10(8-23(14)22-13)21-15(24)12-5-9-3-1-2-4-11(9)25-12/h1-8H,(H,21,24). The van der Waals surface area contributed by atoms with Gasteiger partial charge in [-0.3, -0.25) is 4.79 Å². The number of rotatable bonds is 2. The van der Waals surface area contributed by atoms with Crippen molar-refractivity contribution in [2.75, 3.05) is 5.32 Å². The van der Waals surface area contributed by atoms with Gasteiger partial charge in [-0.1, -0.05) is 18.2 Å². The average molecular weight is 346 g/mol. The Morgan fingerprint density at radius 1 is 1.20 bits per heavy atom. The molecule has 1 amide bonds.